The summed E-state index contributed by atoms with van der Waals surface area (Å²) in [5.74, 6) is -0.635. The maximum Gasteiger partial charge on any atom is 0.292 e. The minimum atomic E-state index is -0.493. The minimum Gasteiger partial charge on any atom is -0.365 e. The number of quaternary nitrogens is 1. The first-order chi connectivity index (χ1) is 14.9. The van der Waals surface area contributed by atoms with Crippen molar-refractivity contribution in [2.75, 3.05) is 36.4 Å². The van der Waals surface area contributed by atoms with Gasteiger partial charge in [-0.2, -0.15) is 0 Å². The first kappa shape index (κ1) is 21.3. The molecule has 1 aromatic carbocycles. The van der Waals surface area contributed by atoms with Gasteiger partial charge in [-0.25, -0.2) is 0 Å². The first-order valence-electron chi connectivity index (χ1n) is 10.4. The highest BCUT2D eigenvalue weighted by atomic mass is 32.1. The van der Waals surface area contributed by atoms with Crippen LogP contribution < -0.4 is 20.9 Å². The second-order valence-corrected chi connectivity index (χ2v) is 9.13. The Morgan fingerprint density at radius 2 is 1.97 bits per heavy atom. The number of carbonyl (C=O) groups is 2. The largest absolute Gasteiger partial charge is 0.365 e. The molecule has 1 unspecified atom stereocenters. The van der Waals surface area contributed by atoms with Gasteiger partial charge in [-0.05, 0) is 37.8 Å². The third-order valence-corrected chi connectivity index (χ3v) is 7.44. The molecule has 10 heteroatoms. The predicted octanol–water partition coefficient (Wildman–Crippen LogP) is 0.976. The number of nitrogens with two attached hydrogens (primary N) is 1. The van der Waals surface area contributed by atoms with E-state index in [1.54, 1.807) is 18.2 Å². The van der Waals surface area contributed by atoms with Crippen LogP contribution in [0.3, 0.4) is 0 Å². The van der Waals surface area contributed by atoms with Crippen LogP contribution in [0.1, 0.15) is 34.1 Å². The number of rotatable bonds is 6. The molecule has 1 atom stereocenters. The van der Waals surface area contributed by atoms with E-state index in [0.29, 0.717) is 42.4 Å². The maximum atomic E-state index is 12.9. The van der Waals surface area contributed by atoms with Gasteiger partial charge in [0, 0.05) is 10.9 Å². The third kappa shape index (κ3) is 4.13. The number of primary amides is 1. The molecule has 2 amide bonds. The van der Waals surface area contributed by atoms with E-state index >= 15 is 0 Å². The molecular weight excluding hydrogens is 418 g/mol. The topological polar surface area (TPSA) is 123 Å². The van der Waals surface area contributed by atoms with Gasteiger partial charge in [-0.1, -0.05) is 12.1 Å². The Morgan fingerprint density at radius 3 is 2.65 bits per heavy atom. The van der Waals surface area contributed by atoms with Gasteiger partial charge in [0.25, 0.3) is 17.5 Å². The molecule has 0 spiro atoms. The van der Waals surface area contributed by atoms with Gasteiger partial charge in [0.1, 0.15) is 10.7 Å². The first-order valence-corrected chi connectivity index (χ1v) is 11.3. The van der Waals surface area contributed by atoms with Gasteiger partial charge in [-0.15, -0.1) is 11.3 Å². The minimum absolute atomic E-state index is 0.0986. The molecule has 164 valence electrons. The molecule has 0 bridgehead atoms. The lowest BCUT2D eigenvalue weighted by atomic mass is 10.1. The molecule has 2 aromatic rings. The van der Waals surface area contributed by atoms with Crippen LogP contribution in [0.5, 0.6) is 0 Å². The smallest absolute Gasteiger partial charge is 0.292 e. The fourth-order valence-electron chi connectivity index (χ4n) is 4.51. The van der Waals surface area contributed by atoms with Crippen molar-refractivity contribution in [3.05, 3.63) is 50.4 Å². The number of carbonyl (C=O) groups excluding carboxylic acids is 2. The zero-order valence-electron chi connectivity index (χ0n) is 17.3. The summed E-state index contributed by atoms with van der Waals surface area (Å²) in [6, 6.07) is 6.42. The molecule has 1 aliphatic carbocycles. The second kappa shape index (κ2) is 8.64. The summed E-state index contributed by atoms with van der Waals surface area (Å²) in [6.07, 6.45) is 2.76. The number of nitro groups is 1. The number of piperazine rings is 1. The number of nitrogens with one attached hydrogen (secondary N) is 2. The fourth-order valence-corrected chi connectivity index (χ4v) is 5.81. The number of nitrogens with zero attached hydrogens (tertiary/aromatic N) is 2. The summed E-state index contributed by atoms with van der Waals surface area (Å²) in [5.41, 5.74) is 7.76. The lowest BCUT2D eigenvalue weighted by Gasteiger charge is -2.35. The Labute approximate surface area is 184 Å². The summed E-state index contributed by atoms with van der Waals surface area (Å²) in [5, 5.41) is 14.8. The van der Waals surface area contributed by atoms with Crippen LogP contribution in [-0.4, -0.2) is 49.0 Å². The van der Waals surface area contributed by atoms with Gasteiger partial charge >= 0.3 is 0 Å². The van der Waals surface area contributed by atoms with Crippen molar-refractivity contribution in [2.45, 2.75) is 32.2 Å². The predicted molar refractivity (Wildman–Crippen MR) is 119 cm³/mol. The fraction of sp³-hybridized carbons (Fsp3) is 0.429. The number of hydrogen-bond donors (Lipinski definition) is 3. The molecule has 1 aliphatic heterocycles. The SMILES string of the molecule is CC(C(=O)Nc1sc2c(c1C(N)=O)CCC2)[NH+]1CCN(c2ccccc2[N+](=O)[O-])CC1. The second-order valence-electron chi connectivity index (χ2n) is 8.03. The van der Waals surface area contributed by atoms with Crippen molar-refractivity contribution in [1.29, 1.82) is 0 Å². The number of aryl methyl sites for hydroxylation is 1. The number of anilines is 2. The summed E-state index contributed by atoms with van der Waals surface area (Å²) < 4.78 is 0. The average Bonchev–Trinajstić information content (AvgIpc) is 3.33. The Kier molecular flexibility index (Phi) is 5.92. The number of fused-ring (bicyclic) bond motifs is 1. The molecule has 1 aromatic heterocycles. The summed E-state index contributed by atoms with van der Waals surface area (Å²) in [4.78, 5) is 40.1. The molecule has 2 heterocycles. The quantitative estimate of drug-likeness (QED) is 0.453. The van der Waals surface area contributed by atoms with Gasteiger partial charge < -0.3 is 20.9 Å². The van der Waals surface area contributed by atoms with Crippen molar-refractivity contribution in [1.82, 2.24) is 0 Å². The van der Waals surface area contributed by atoms with Gasteiger partial charge in [-0.3, -0.25) is 19.7 Å². The Morgan fingerprint density at radius 1 is 1.26 bits per heavy atom. The lowest BCUT2D eigenvalue weighted by Crippen LogP contribution is -3.19. The van der Waals surface area contributed by atoms with Crippen molar-refractivity contribution >= 4 is 39.5 Å². The van der Waals surface area contributed by atoms with E-state index < -0.39 is 5.91 Å². The monoisotopic (exact) mass is 444 g/mol. The van der Waals surface area contributed by atoms with Gasteiger partial charge in [0.15, 0.2) is 6.04 Å². The third-order valence-electron chi connectivity index (χ3n) is 6.23. The molecule has 4 N–H and O–H groups in total. The van der Waals surface area contributed by atoms with E-state index in [0.717, 1.165) is 34.6 Å². The van der Waals surface area contributed by atoms with Gasteiger partial charge in [0.2, 0.25) is 0 Å². The number of nitro benzene ring substituents is 1. The van der Waals surface area contributed by atoms with E-state index in [1.165, 1.54) is 17.4 Å². The Balaban J connectivity index is 1.41. The van der Waals surface area contributed by atoms with E-state index in [2.05, 4.69) is 5.32 Å². The molecule has 9 nitrogen and oxygen atoms in total. The zero-order chi connectivity index (χ0) is 22.1. The van der Waals surface area contributed by atoms with Crippen LogP contribution in [0, 0.1) is 10.1 Å². The number of thiophene rings is 1. The van der Waals surface area contributed by atoms with Gasteiger partial charge in [0.05, 0.1) is 36.7 Å². The summed E-state index contributed by atoms with van der Waals surface area (Å²) in [7, 11) is 0. The van der Waals surface area contributed by atoms with E-state index in [9.17, 15) is 19.7 Å². The maximum absolute atomic E-state index is 12.9. The molecule has 1 saturated heterocycles. The van der Waals surface area contributed by atoms with Crippen molar-refractivity contribution in [2.24, 2.45) is 5.73 Å². The normalized spacial score (nSPS) is 17.3. The molecule has 0 radical (unpaired) electrons. The van der Waals surface area contributed by atoms with E-state index in [4.69, 9.17) is 5.73 Å². The summed E-state index contributed by atoms with van der Waals surface area (Å²) in [6.45, 7) is 4.49. The lowest BCUT2D eigenvalue weighted by molar-refractivity contribution is -0.914. The van der Waals surface area contributed by atoms with Crippen molar-refractivity contribution in [3.63, 3.8) is 0 Å². The molecule has 1 fully saturated rings. The molecule has 0 saturated carbocycles. The Bertz CT molecular complexity index is 1030. The number of hydrogen-bond acceptors (Lipinski definition) is 6. The van der Waals surface area contributed by atoms with Crippen molar-refractivity contribution < 1.29 is 19.4 Å². The van der Waals surface area contributed by atoms with Crippen LogP contribution in [0.25, 0.3) is 0 Å². The number of para-hydroxylation sites is 2. The highest BCUT2D eigenvalue weighted by Crippen LogP contribution is 2.38. The summed E-state index contributed by atoms with van der Waals surface area (Å²) >= 11 is 1.46. The highest BCUT2D eigenvalue weighted by Gasteiger charge is 2.33. The van der Waals surface area contributed by atoms with E-state index in [1.807, 2.05) is 11.8 Å². The van der Waals surface area contributed by atoms with Crippen LogP contribution in [0.2, 0.25) is 0 Å². The molecular formula is C21H26N5O4S+. The zero-order valence-corrected chi connectivity index (χ0v) is 18.2. The van der Waals surface area contributed by atoms with Crippen LogP contribution in [0.15, 0.2) is 24.3 Å². The highest BCUT2D eigenvalue weighted by molar-refractivity contribution is 7.17. The molecule has 4 rings (SSSR count). The van der Waals surface area contributed by atoms with Crippen LogP contribution in [-0.2, 0) is 17.6 Å². The van der Waals surface area contributed by atoms with E-state index in [-0.39, 0.29) is 22.6 Å². The number of amides is 2. The molecule has 2 aliphatic rings. The van der Waals surface area contributed by atoms with Crippen molar-refractivity contribution in [3.8, 4) is 0 Å². The number of benzene rings is 1. The Hall–Kier alpha value is -2.98. The van der Waals surface area contributed by atoms with Crippen LogP contribution >= 0.6 is 11.3 Å². The standard InChI is InChI=1S/C21H25N5O4S/c1-13(20(28)23-21-18(19(22)27)14-5-4-8-17(14)31-21)24-9-11-25(12-10-24)15-6-2-3-7-16(15)26(29)30/h2-3,6-7,13H,4-5,8-12H2,1H3,(H2,22,27)(H,23,28)/p+1. The average molecular weight is 445 g/mol. The van der Waals surface area contributed by atoms with Crippen LogP contribution in [0.4, 0.5) is 16.4 Å². The molecule has 31 heavy (non-hydrogen) atoms.